The fraction of sp³-hybridized carbons (Fsp3) is 0.455. The Morgan fingerprint density at radius 1 is 1.27 bits per heavy atom. The van der Waals surface area contributed by atoms with E-state index in [4.69, 9.17) is 0 Å². The highest BCUT2D eigenvalue weighted by atomic mass is 32.2. The van der Waals surface area contributed by atoms with Crippen LogP contribution in [0.15, 0.2) is 35.2 Å². The third-order valence-electron chi connectivity index (χ3n) is 2.93. The van der Waals surface area contributed by atoms with Crippen molar-refractivity contribution in [1.82, 2.24) is 5.32 Å². The number of sulfone groups is 1. The Morgan fingerprint density at radius 3 is 2.33 bits per heavy atom. The maximum atomic E-state index is 12.3. The molecule has 82 valence electrons. The molecule has 4 heteroatoms. The molecule has 1 fully saturated rings. The van der Waals surface area contributed by atoms with Crippen molar-refractivity contribution in [3.63, 3.8) is 0 Å². The van der Waals surface area contributed by atoms with Crippen molar-refractivity contribution in [2.75, 3.05) is 13.6 Å². The first-order chi connectivity index (χ1) is 7.12. The van der Waals surface area contributed by atoms with Gasteiger partial charge in [0.15, 0.2) is 9.84 Å². The standard InChI is InChI=1S/C11H15NO2S/c1-12-9-11(7-8-11)15(13,14)10-5-3-2-4-6-10/h2-6,12H,7-9H2,1H3. The first kappa shape index (κ1) is 10.6. The smallest absolute Gasteiger partial charge is 0.185 e. The van der Waals surface area contributed by atoms with Gasteiger partial charge in [0.2, 0.25) is 0 Å². The molecule has 0 aromatic heterocycles. The van der Waals surface area contributed by atoms with E-state index in [-0.39, 0.29) is 0 Å². The Kier molecular flexibility index (Phi) is 2.56. The van der Waals surface area contributed by atoms with Gasteiger partial charge in [0, 0.05) is 6.54 Å². The molecule has 0 bridgehead atoms. The molecule has 0 spiro atoms. The van der Waals surface area contributed by atoms with Crippen molar-refractivity contribution in [2.24, 2.45) is 0 Å². The number of hydrogen-bond acceptors (Lipinski definition) is 3. The van der Waals surface area contributed by atoms with Gasteiger partial charge in [-0.15, -0.1) is 0 Å². The summed E-state index contributed by atoms with van der Waals surface area (Å²) in [4.78, 5) is 0.442. The highest BCUT2D eigenvalue weighted by molar-refractivity contribution is 7.93. The zero-order valence-electron chi connectivity index (χ0n) is 8.73. The second-order valence-electron chi connectivity index (χ2n) is 4.03. The molecule has 1 saturated carbocycles. The van der Waals surface area contributed by atoms with Gasteiger partial charge >= 0.3 is 0 Å². The van der Waals surface area contributed by atoms with Gasteiger partial charge in [-0.1, -0.05) is 18.2 Å². The Morgan fingerprint density at radius 2 is 1.87 bits per heavy atom. The molecule has 1 aliphatic rings. The molecule has 0 heterocycles. The van der Waals surface area contributed by atoms with Crippen LogP contribution in [0.4, 0.5) is 0 Å². The molecule has 0 unspecified atom stereocenters. The summed E-state index contributed by atoms with van der Waals surface area (Å²) in [5, 5.41) is 2.97. The highest BCUT2D eigenvalue weighted by Gasteiger charge is 2.54. The van der Waals surface area contributed by atoms with Gasteiger partial charge in [-0.25, -0.2) is 8.42 Å². The summed E-state index contributed by atoms with van der Waals surface area (Å²) in [6.45, 7) is 0.546. The lowest BCUT2D eigenvalue weighted by molar-refractivity contribution is 0.569. The molecule has 1 aromatic carbocycles. The van der Waals surface area contributed by atoms with Gasteiger partial charge < -0.3 is 5.32 Å². The third kappa shape index (κ3) is 1.68. The fourth-order valence-corrected chi connectivity index (χ4v) is 3.84. The van der Waals surface area contributed by atoms with Crippen molar-refractivity contribution in [3.8, 4) is 0 Å². The van der Waals surface area contributed by atoms with Crippen molar-refractivity contribution in [2.45, 2.75) is 22.5 Å². The molecule has 0 saturated heterocycles. The summed E-state index contributed by atoms with van der Waals surface area (Å²) < 4.78 is 24.0. The number of nitrogens with one attached hydrogen (secondary N) is 1. The lowest BCUT2D eigenvalue weighted by atomic mass is 10.4. The van der Waals surface area contributed by atoms with E-state index in [0.29, 0.717) is 11.4 Å². The van der Waals surface area contributed by atoms with Crippen LogP contribution in [0.1, 0.15) is 12.8 Å². The van der Waals surface area contributed by atoms with E-state index in [2.05, 4.69) is 5.32 Å². The van der Waals surface area contributed by atoms with E-state index in [1.807, 2.05) is 6.07 Å². The molecular weight excluding hydrogens is 210 g/mol. The Balaban J connectivity index is 2.37. The van der Waals surface area contributed by atoms with Crippen molar-refractivity contribution < 1.29 is 8.42 Å². The van der Waals surface area contributed by atoms with Crippen LogP contribution in [0.5, 0.6) is 0 Å². The first-order valence-electron chi connectivity index (χ1n) is 5.07. The summed E-state index contributed by atoms with van der Waals surface area (Å²) >= 11 is 0. The fourth-order valence-electron chi connectivity index (χ4n) is 1.85. The maximum Gasteiger partial charge on any atom is 0.185 e. The molecule has 1 aliphatic carbocycles. The van der Waals surface area contributed by atoms with E-state index in [9.17, 15) is 8.42 Å². The second-order valence-corrected chi connectivity index (χ2v) is 6.37. The van der Waals surface area contributed by atoms with Gasteiger partial charge in [-0.05, 0) is 32.0 Å². The topological polar surface area (TPSA) is 46.2 Å². The normalized spacial score (nSPS) is 18.7. The van der Waals surface area contributed by atoms with Gasteiger partial charge in [0.25, 0.3) is 0 Å². The predicted molar refractivity (Wildman–Crippen MR) is 59.5 cm³/mol. The molecule has 0 radical (unpaired) electrons. The van der Waals surface area contributed by atoms with Gasteiger partial charge in [0.05, 0.1) is 9.64 Å². The molecule has 0 amide bonds. The minimum atomic E-state index is -3.15. The molecule has 2 rings (SSSR count). The zero-order valence-corrected chi connectivity index (χ0v) is 9.55. The van der Waals surface area contributed by atoms with E-state index in [1.165, 1.54) is 0 Å². The molecule has 0 atom stereocenters. The van der Waals surface area contributed by atoms with Crippen molar-refractivity contribution >= 4 is 9.84 Å². The molecular formula is C11H15NO2S. The first-order valence-corrected chi connectivity index (χ1v) is 6.55. The van der Waals surface area contributed by atoms with E-state index in [0.717, 1.165) is 12.8 Å². The van der Waals surface area contributed by atoms with Crippen LogP contribution in [-0.4, -0.2) is 26.8 Å². The van der Waals surface area contributed by atoms with Crippen LogP contribution >= 0.6 is 0 Å². The van der Waals surface area contributed by atoms with E-state index in [1.54, 1.807) is 31.3 Å². The number of rotatable bonds is 4. The number of hydrogen-bond donors (Lipinski definition) is 1. The second kappa shape index (κ2) is 3.61. The van der Waals surface area contributed by atoms with Crippen molar-refractivity contribution in [3.05, 3.63) is 30.3 Å². The molecule has 15 heavy (non-hydrogen) atoms. The average molecular weight is 225 g/mol. The molecule has 0 aliphatic heterocycles. The summed E-state index contributed by atoms with van der Waals surface area (Å²) in [7, 11) is -1.36. The molecule has 1 N–H and O–H groups in total. The number of benzene rings is 1. The monoisotopic (exact) mass is 225 g/mol. The lowest BCUT2D eigenvalue weighted by Crippen LogP contribution is -2.33. The van der Waals surface area contributed by atoms with Crippen LogP contribution in [0, 0.1) is 0 Å². The van der Waals surface area contributed by atoms with Crippen LogP contribution in [0.25, 0.3) is 0 Å². The van der Waals surface area contributed by atoms with Gasteiger partial charge in [-0.2, -0.15) is 0 Å². The summed E-state index contributed by atoms with van der Waals surface area (Å²) in [5.41, 5.74) is 0. The lowest BCUT2D eigenvalue weighted by Gasteiger charge is -2.15. The Hall–Kier alpha value is -0.870. The van der Waals surface area contributed by atoms with Crippen LogP contribution in [-0.2, 0) is 9.84 Å². The summed E-state index contributed by atoms with van der Waals surface area (Å²) in [5.74, 6) is 0. The van der Waals surface area contributed by atoms with Crippen LogP contribution in [0.3, 0.4) is 0 Å². The quantitative estimate of drug-likeness (QED) is 0.838. The summed E-state index contributed by atoms with van der Waals surface area (Å²) in [6.07, 6.45) is 1.54. The summed E-state index contributed by atoms with van der Waals surface area (Å²) in [6, 6.07) is 8.71. The van der Waals surface area contributed by atoms with E-state index >= 15 is 0 Å². The zero-order chi connectivity index (χ0) is 10.9. The van der Waals surface area contributed by atoms with Crippen LogP contribution in [0.2, 0.25) is 0 Å². The van der Waals surface area contributed by atoms with Gasteiger partial charge in [-0.3, -0.25) is 0 Å². The largest absolute Gasteiger partial charge is 0.318 e. The maximum absolute atomic E-state index is 12.3. The van der Waals surface area contributed by atoms with Crippen molar-refractivity contribution in [1.29, 1.82) is 0 Å². The minimum Gasteiger partial charge on any atom is -0.318 e. The SMILES string of the molecule is CNCC1(S(=O)(=O)c2ccccc2)CC1. The van der Waals surface area contributed by atoms with Gasteiger partial charge in [0.1, 0.15) is 0 Å². The molecule has 1 aromatic rings. The molecule has 3 nitrogen and oxygen atoms in total. The van der Waals surface area contributed by atoms with E-state index < -0.39 is 14.6 Å². The predicted octanol–water partition coefficient (Wildman–Crippen LogP) is 1.21. The average Bonchev–Trinajstić information content (AvgIpc) is 3.01. The Labute approximate surface area is 90.4 Å². The van der Waals surface area contributed by atoms with Crippen LogP contribution < -0.4 is 5.32 Å². The minimum absolute atomic E-state index is 0.442. The third-order valence-corrected chi connectivity index (χ3v) is 5.52. The Bertz CT molecular complexity index is 435. The highest BCUT2D eigenvalue weighted by Crippen LogP contribution is 2.46.